The lowest BCUT2D eigenvalue weighted by Crippen LogP contribution is -2.31. The quantitative estimate of drug-likeness (QED) is 0.651. The molecule has 0 aliphatic carbocycles. The normalized spacial score (nSPS) is 14.0. The largest absolute Gasteiger partial charge is 0.350 e. The van der Waals surface area contributed by atoms with Gasteiger partial charge in [-0.15, -0.1) is 0 Å². The van der Waals surface area contributed by atoms with Crippen molar-refractivity contribution in [3.63, 3.8) is 0 Å². The first-order valence-electron chi connectivity index (χ1n) is 7.85. The van der Waals surface area contributed by atoms with Crippen molar-refractivity contribution in [1.82, 2.24) is 9.47 Å². The Balaban J connectivity index is 1.71. The van der Waals surface area contributed by atoms with Crippen LogP contribution < -0.4 is 0 Å². The molecule has 0 saturated heterocycles. The first-order chi connectivity index (χ1) is 11.5. The predicted molar refractivity (Wildman–Crippen MR) is 92.8 cm³/mol. The molecule has 2 aromatic carbocycles. The molecule has 0 saturated carbocycles. The molecule has 3 nitrogen and oxygen atoms in total. The molecular formula is C19H16ClFN2O. The van der Waals surface area contributed by atoms with E-state index in [9.17, 15) is 9.18 Å². The molecule has 122 valence electrons. The zero-order chi connectivity index (χ0) is 16.8. The van der Waals surface area contributed by atoms with E-state index in [1.54, 1.807) is 4.90 Å². The summed E-state index contributed by atoms with van der Waals surface area (Å²) in [5, 5.41) is 1.22. The molecule has 0 fully saturated rings. The van der Waals surface area contributed by atoms with E-state index in [0.717, 1.165) is 12.0 Å². The molecule has 0 unspecified atom stereocenters. The Kier molecular flexibility index (Phi) is 3.57. The van der Waals surface area contributed by atoms with Gasteiger partial charge in [-0.3, -0.25) is 4.79 Å². The van der Waals surface area contributed by atoms with Crippen LogP contribution in [0, 0.1) is 5.82 Å². The summed E-state index contributed by atoms with van der Waals surface area (Å²) < 4.78 is 15.5. The number of aromatic nitrogens is 1. The summed E-state index contributed by atoms with van der Waals surface area (Å²) in [6.07, 6.45) is 2.94. The van der Waals surface area contributed by atoms with Crippen LogP contribution in [0.15, 0.2) is 42.6 Å². The fraction of sp³-hybridized carbons (Fsp3) is 0.211. The van der Waals surface area contributed by atoms with Gasteiger partial charge in [0.25, 0.3) is 5.91 Å². The molecule has 1 aliphatic rings. The Labute approximate surface area is 144 Å². The van der Waals surface area contributed by atoms with E-state index in [1.165, 1.54) is 34.7 Å². The van der Waals surface area contributed by atoms with E-state index >= 15 is 0 Å². The topological polar surface area (TPSA) is 25.2 Å². The highest BCUT2D eigenvalue weighted by molar-refractivity contribution is 6.31. The summed E-state index contributed by atoms with van der Waals surface area (Å²) in [7, 11) is 2.04. The smallest absolute Gasteiger partial charge is 0.254 e. The number of benzene rings is 2. The van der Waals surface area contributed by atoms with Crippen LogP contribution in [-0.2, 0) is 20.0 Å². The second kappa shape index (κ2) is 5.64. The zero-order valence-electron chi connectivity index (χ0n) is 13.2. The third-order valence-corrected chi connectivity index (χ3v) is 4.94. The third kappa shape index (κ3) is 2.38. The van der Waals surface area contributed by atoms with E-state index in [1.807, 2.05) is 13.1 Å². The highest BCUT2D eigenvalue weighted by Gasteiger charge is 2.23. The number of nitrogens with zero attached hydrogens (tertiary/aromatic N) is 2. The molecule has 1 amide bonds. The standard InChI is InChI=1S/C19H16ClFN2O/c1-22-10-14-7-8-23(11-13-3-2-4-17(22)18(13)14)19(24)12-5-6-16(21)15(20)9-12/h2-6,9-10H,7-8,11H2,1H3. The number of amides is 1. The van der Waals surface area contributed by atoms with Crippen molar-refractivity contribution in [2.75, 3.05) is 6.54 Å². The van der Waals surface area contributed by atoms with E-state index < -0.39 is 5.82 Å². The lowest BCUT2D eigenvalue weighted by atomic mass is 10.1. The fourth-order valence-electron chi connectivity index (χ4n) is 3.47. The minimum Gasteiger partial charge on any atom is -0.350 e. The molecule has 0 radical (unpaired) electrons. The van der Waals surface area contributed by atoms with Gasteiger partial charge in [0, 0.05) is 42.8 Å². The minimum absolute atomic E-state index is 0.0262. The maximum atomic E-state index is 13.3. The van der Waals surface area contributed by atoms with Crippen molar-refractivity contribution in [3.8, 4) is 0 Å². The van der Waals surface area contributed by atoms with Crippen LogP contribution in [0.1, 0.15) is 21.5 Å². The van der Waals surface area contributed by atoms with Crippen LogP contribution in [0.25, 0.3) is 10.9 Å². The van der Waals surface area contributed by atoms with Crippen molar-refractivity contribution in [2.45, 2.75) is 13.0 Å². The van der Waals surface area contributed by atoms with Crippen molar-refractivity contribution < 1.29 is 9.18 Å². The third-order valence-electron chi connectivity index (χ3n) is 4.65. The first kappa shape index (κ1) is 15.2. The van der Waals surface area contributed by atoms with E-state index in [0.29, 0.717) is 18.7 Å². The van der Waals surface area contributed by atoms with Gasteiger partial charge in [-0.25, -0.2) is 4.39 Å². The molecule has 0 spiro atoms. The number of hydrogen-bond donors (Lipinski definition) is 0. The second-order valence-electron chi connectivity index (χ2n) is 6.18. The van der Waals surface area contributed by atoms with Gasteiger partial charge < -0.3 is 9.47 Å². The van der Waals surface area contributed by atoms with E-state index in [4.69, 9.17) is 11.6 Å². The van der Waals surface area contributed by atoms with Gasteiger partial charge in [0.15, 0.2) is 0 Å². The average Bonchev–Trinajstić information content (AvgIpc) is 2.78. The Morgan fingerprint density at radius 3 is 2.83 bits per heavy atom. The summed E-state index contributed by atoms with van der Waals surface area (Å²) in [6, 6.07) is 10.3. The maximum absolute atomic E-state index is 13.3. The van der Waals surface area contributed by atoms with Gasteiger partial charge in [-0.05, 0) is 41.8 Å². The highest BCUT2D eigenvalue weighted by atomic mass is 35.5. The summed E-state index contributed by atoms with van der Waals surface area (Å²) in [4.78, 5) is 14.6. The van der Waals surface area contributed by atoms with E-state index in [2.05, 4.69) is 22.9 Å². The number of aryl methyl sites for hydroxylation is 1. The van der Waals surface area contributed by atoms with Crippen LogP contribution in [0.3, 0.4) is 0 Å². The average molecular weight is 343 g/mol. The van der Waals surface area contributed by atoms with Crippen LogP contribution in [0.2, 0.25) is 5.02 Å². The van der Waals surface area contributed by atoms with Gasteiger partial charge in [0.05, 0.1) is 5.02 Å². The molecule has 2 heterocycles. The monoisotopic (exact) mass is 342 g/mol. The van der Waals surface area contributed by atoms with Gasteiger partial charge in [0.1, 0.15) is 5.82 Å². The highest BCUT2D eigenvalue weighted by Crippen LogP contribution is 2.29. The first-order valence-corrected chi connectivity index (χ1v) is 8.22. The van der Waals surface area contributed by atoms with Crippen molar-refractivity contribution in [2.24, 2.45) is 7.05 Å². The summed E-state index contributed by atoms with van der Waals surface area (Å²) in [6.45, 7) is 1.17. The lowest BCUT2D eigenvalue weighted by molar-refractivity contribution is 0.0747. The van der Waals surface area contributed by atoms with Crippen LogP contribution >= 0.6 is 11.6 Å². The molecule has 24 heavy (non-hydrogen) atoms. The van der Waals surface area contributed by atoms with Crippen LogP contribution in [0.5, 0.6) is 0 Å². The molecule has 0 N–H and O–H groups in total. The Bertz CT molecular complexity index is 963. The van der Waals surface area contributed by atoms with Crippen molar-refractivity contribution in [3.05, 3.63) is 70.1 Å². The Hall–Kier alpha value is -2.33. The molecule has 3 aromatic rings. The molecule has 0 atom stereocenters. The predicted octanol–water partition coefficient (Wildman–Crippen LogP) is 4.17. The SMILES string of the molecule is Cn1cc2c3c(cccc31)CN(C(=O)c1ccc(F)c(Cl)c1)CC2. The van der Waals surface area contributed by atoms with Crippen molar-refractivity contribution in [1.29, 1.82) is 0 Å². The number of rotatable bonds is 1. The fourth-order valence-corrected chi connectivity index (χ4v) is 3.65. The van der Waals surface area contributed by atoms with Crippen molar-refractivity contribution >= 4 is 28.4 Å². The number of halogens is 2. The number of carbonyl (C=O) groups excluding carboxylic acids is 1. The zero-order valence-corrected chi connectivity index (χ0v) is 14.0. The molecule has 5 heteroatoms. The molecule has 1 aromatic heterocycles. The number of carbonyl (C=O) groups is 1. The Morgan fingerprint density at radius 2 is 2.04 bits per heavy atom. The number of hydrogen-bond acceptors (Lipinski definition) is 1. The molecule has 1 aliphatic heterocycles. The lowest BCUT2D eigenvalue weighted by Gasteiger charge is -2.21. The molecular weight excluding hydrogens is 327 g/mol. The van der Waals surface area contributed by atoms with Gasteiger partial charge in [-0.1, -0.05) is 23.7 Å². The van der Waals surface area contributed by atoms with Crippen LogP contribution in [0.4, 0.5) is 4.39 Å². The summed E-state index contributed by atoms with van der Waals surface area (Å²) >= 11 is 5.82. The maximum Gasteiger partial charge on any atom is 0.254 e. The van der Waals surface area contributed by atoms with Crippen LogP contribution in [-0.4, -0.2) is 21.9 Å². The summed E-state index contributed by atoms with van der Waals surface area (Å²) in [5.41, 5.74) is 4.00. The Morgan fingerprint density at radius 1 is 1.21 bits per heavy atom. The van der Waals surface area contributed by atoms with Gasteiger partial charge >= 0.3 is 0 Å². The summed E-state index contributed by atoms with van der Waals surface area (Å²) in [5.74, 6) is -0.634. The minimum atomic E-state index is -0.512. The molecule has 0 bridgehead atoms. The van der Waals surface area contributed by atoms with Gasteiger partial charge in [0.2, 0.25) is 0 Å². The van der Waals surface area contributed by atoms with E-state index in [-0.39, 0.29) is 10.9 Å². The van der Waals surface area contributed by atoms with Gasteiger partial charge in [-0.2, -0.15) is 0 Å². The second-order valence-corrected chi connectivity index (χ2v) is 6.59. The molecule has 4 rings (SSSR count).